The van der Waals surface area contributed by atoms with E-state index >= 15 is 0 Å². The SMILES string of the molecule is CN1C(=O)COC(C(=O)N(C(=O)C2CCCNC2)C2CC2)C1c1ccc(Cl)cc1. The maximum atomic E-state index is 13.6. The van der Waals surface area contributed by atoms with E-state index in [0.717, 1.165) is 37.8 Å². The predicted molar refractivity (Wildman–Crippen MR) is 107 cm³/mol. The first-order chi connectivity index (χ1) is 14.0. The first kappa shape index (κ1) is 20.3. The van der Waals surface area contributed by atoms with Crippen molar-refractivity contribution in [1.82, 2.24) is 15.1 Å². The molecule has 1 saturated carbocycles. The van der Waals surface area contributed by atoms with Crippen LogP contribution in [0.5, 0.6) is 0 Å². The number of halogens is 1. The molecule has 3 amide bonds. The number of morpholine rings is 1. The number of hydrogen-bond donors (Lipinski definition) is 1. The summed E-state index contributed by atoms with van der Waals surface area (Å²) in [5.74, 6) is -0.856. The van der Waals surface area contributed by atoms with Crippen molar-refractivity contribution in [1.29, 1.82) is 0 Å². The van der Waals surface area contributed by atoms with Crippen LogP contribution in [0.25, 0.3) is 0 Å². The largest absolute Gasteiger partial charge is 0.356 e. The second-order valence-corrected chi connectivity index (χ2v) is 8.49. The van der Waals surface area contributed by atoms with Crippen LogP contribution in [0.4, 0.5) is 0 Å². The summed E-state index contributed by atoms with van der Waals surface area (Å²) in [5.41, 5.74) is 0.755. The lowest BCUT2D eigenvalue weighted by Gasteiger charge is -2.40. The summed E-state index contributed by atoms with van der Waals surface area (Å²) in [6.07, 6.45) is 2.44. The lowest BCUT2D eigenvalue weighted by molar-refractivity contribution is -0.170. The molecule has 156 valence electrons. The number of amides is 3. The molecule has 3 unspecified atom stereocenters. The molecule has 2 saturated heterocycles. The highest BCUT2D eigenvalue weighted by atomic mass is 35.5. The van der Waals surface area contributed by atoms with Gasteiger partial charge in [0.2, 0.25) is 11.8 Å². The Labute approximate surface area is 175 Å². The molecule has 3 fully saturated rings. The van der Waals surface area contributed by atoms with Crippen molar-refractivity contribution in [3.63, 3.8) is 0 Å². The molecular weight excluding hydrogens is 394 g/mol. The fourth-order valence-electron chi connectivity index (χ4n) is 4.17. The summed E-state index contributed by atoms with van der Waals surface area (Å²) in [6.45, 7) is 1.33. The smallest absolute Gasteiger partial charge is 0.261 e. The molecule has 0 radical (unpaired) electrons. The van der Waals surface area contributed by atoms with Crippen LogP contribution in [0.3, 0.4) is 0 Å². The van der Waals surface area contributed by atoms with Gasteiger partial charge < -0.3 is 15.0 Å². The van der Waals surface area contributed by atoms with Gasteiger partial charge in [0.1, 0.15) is 6.61 Å². The molecule has 29 heavy (non-hydrogen) atoms. The topological polar surface area (TPSA) is 79.0 Å². The predicted octanol–water partition coefficient (Wildman–Crippen LogP) is 1.76. The number of benzene rings is 1. The van der Waals surface area contributed by atoms with E-state index < -0.39 is 12.1 Å². The third-order valence-corrected chi connectivity index (χ3v) is 6.22. The molecule has 0 aromatic heterocycles. The molecule has 0 bridgehead atoms. The van der Waals surface area contributed by atoms with Gasteiger partial charge >= 0.3 is 0 Å². The molecule has 2 aliphatic heterocycles. The fraction of sp³-hybridized carbons (Fsp3) is 0.571. The standard InChI is InChI=1S/C21H26ClN3O4/c1-24-17(26)12-29-19(18(24)13-4-6-15(22)7-5-13)21(28)25(16-8-9-16)20(27)14-3-2-10-23-11-14/h4-7,14,16,18-19,23H,2-3,8-12H2,1H3. The maximum Gasteiger partial charge on any atom is 0.261 e. The third kappa shape index (κ3) is 4.17. The van der Waals surface area contributed by atoms with Gasteiger partial charge in [0.15, 0.2) is 6.10 Å². The van der Waals surface area contributed by atoms with Gasteiger partial charge in [-0.2, -0.15) is 0 Å². The number of ether oxygens (including phenoxy) is 1. The van der Waals surface area contributed by atoms with Gasteiger partial charge in [0.05, 0.1) is 12.0 Å². The molecule has 4 rings (SSSR count). The van der Waals surface area contributed by atoms with Crippen molar-refractivity contribution >= 4 is 29.3 Å². The van der Waals surface area contributed by atoms with Crippen LogP contribution >= 0.6 is 11.6 Å². The Balaban J connectivity index is 1.62. The van der Waals surface area contributed by atoms with E-state index in [1.807, 2.05) is 0 Å². The van der Waals surface area contributed by atoms with Crippen LogP contribution in [-0.4, -0.2) is 66.4 Å². The van der Waals surface area contributed by atoms with Gasteiger partial charge in [-0.3, -0.25) is 19.3 Å². The Morgan fingerprint density at radius 1 is 1.17 bits per heavy atom. The minimum absolute atomic E-state index is 0.0608. The lowest BCUT2D eigenvalue weighted by atomic mass is 9.95. The van der Waals surface area contributed by atoms with Gasteiger partial charge in [0.25, 0.3) is 5.91 Å². The van der Waals surface area contributed by atoms with Crippen LogP contribution in [0.2, 0.25) is 5.02 Å². The summed E-state index contributed by atoms with van der Waals surface area (Å²) in [7, 11) is 1.67. The van der Waals surface area contributed by atoms with Crippen LogP contribution < -0.4 is 5.32 Å². The number of nitrogens with zero attached hydrogens (tertiary/aromatic N) is 2. The second kappa shape index (κ2) is 8.42. The number of piperidine rings is 1. The first-order valence-corrected chi connectivity index (χ1v) is 10.6. The zero-order valence-electron chi connectivity index (χ0n) is 16.5. The number of hydrogen-bond acceptors (Lipinski definition) is 5. The molecule has 1 aliphatic carbocycles. The molecule has 1 aromatic carbocycles. The second-order valence-electron chi connectivity index (χ2n) is 8.05. The summed E-state index contributed by atoms with van der Waals surface area (Å²) >= 11 is 6.00. The van der Waals surface area contributed by atoms with Crippen LogP contribution in [0, 0.1) is 5.92 Å². The molecule has 7 nitrogen and oxygen atoms in total. The summed E-state index contributed by atoms with van der Waals surface area (Å²) in [5, 5.41) is 3.82. The Kier molecular flexibility index (Phi) is 5.90. The highest BCUT2D eigenvalue weighted by molar-refractivity contribution is 6.30. The minimum atomic E-state index is -0.917. The molecular formula is C21H26ClN3O4. The third-order valence-electron chi connectivity index (χ3n) is 5.97. The Bertz CT molecular complexity index is 790. The van der Waals surface area contributed by atoms with Crippen molar-refractivity contribution in [3.05, 3.63) is 34.9 Å². The van der Waals surface area contributed by atoms with Gasteiger partial charge in [-0.15, -0.1) is 0 Å². The Morgan fingerprint density at radius 2 is 1.90 bits per heavy atom. The maximum absolute atomic E-state index is 13.6. The van der Waals surface area contributed by atoms with Crippen LogP contribution in [0.1, 0.15) is 37.3 Å². The Morgan fingerprint density at radius 3 is 2.52 bits per heavy atom. The van der Waals surface area contributed by atoms with Crippen molar-refractivity contribution in [3.8, 4) is 0 Å². The number of rotatable bonds is 4. The fourth-order valence-corrected chi connectivity index (χ4v) is 4.30. The van der Waals surface area contributed by atoms with Crippen molar-refractivity contribution in [2.75, 3.05) is 26.7 Å². The molecule has 3 aliphatic rings. The van der Waals surface area contributed by atoms with E-state index in [9.17, 15) is 14.4 Å². The van der Waals surface area contributed by atoms with Gasteiger partial charge in [0, 0.05) is 24.7 Å². The zero-order chi connectivity index (χ0) is 20.5. The highest BCUT2D eigenvalue weighted by Gasteiger charge is 2.48. The molecule has 3 atom stereocenters. The van der Waals surface area contributed by atoms with Gasteiger partial charge in [-0.05, 0) is 49.9 Å². The van der Waals surface area contributed by atoms with E-state index in [4.69, 9.17) is 16.3 Å². The minimum Gasteiger partial charge on any atom is -0.356 e. The number of nitrogens with one attached hydrogen (secondary N) is 1. The molecule has 0 spiro atoms. The highest BCUT2D eigenvalue weighted by Crippen LogP contribution is 2.35. The zero-order valence-corrected chi connectivity index (χ0v) is 17.2. The quantitative estimate of drug-likeness (QED) is 0.752. The van der Waals surface area contributed by atoms with E-state index in [2.05, 4.69) is 5.32 Å². The molecule has 2 heterocycles. The molecule has 1 aromatic rings. The number of imide groups is 1. The number of likely N-dealkylation sites (N-methyl/N-ethyl adjacent to an activating group) is 1. The van der Waals surface area contributed by atoms with E-state index in [-0.39, 0.29) is 36.3 Å². The van der Waals surface area contributed by atoms with Crippen LogP contribution in [0.15, 0.2) is 24.3 Å². The first-order valence-electron chi connectivity index (χ1n) is 10.2. The number of carbonyl (C=O) groups excluding carboxylic acids is 3. The normalized spacial score (nSPS) is 27.6. The average molecular weight is 420 g/mol. The van der Waals surface area contributed by atoms with Gasteiger partial charge in [-0.1, -0.05) is 23.7 Å². The summed E-state index contributed by atoms with van der Waals surface area (Å²) in [6, 6.07) is 6.38. The summed E-state index contributed by atoms with van der Waals surface area (Å²) in [4.78, 5) is 42.0. The monoisotopic (exact) mass is 419 g/mol. The molecule has 8 heteroatoms. The van der Waals surface area contributed by atoms with Crippen molar-refractivity contribution in [2.24, 2.45) is 5.92 Å². The average Bonchev–Trinajstić information content (AvgIpc) is 3.56. The Hall–Kier alpha value is -1.96. The number of carbonyl (C=O) groups is 3. The lowest BCUT2D eigenvalue weighted by Crippen LogP contribution is -2.57. The van der Waals surface area contributed by atoms with Gasteiger partial charge in [-0.25, -0.2) is 0 Å². The van der Waals surface area contributed by atoms with E-state index in [1.54, 1.807) is 31.3 Å². The van der Waals surface area contributed by atoms with Crippen molar-refractivity contribution in [2.45, 2.75) is 43.9 Å². The summed E-state index contributed by atoms with van der Waals surface area (Å²) < 4.78 is 5.73. The molecule has 1 N–H and O–H groups in total. The van der Waals surface area contributed by atoms with Crippen LogP contribution in [-0.2, 0) is 19.1 Å². The van der Waals surface area contributed by atoms with E-state index in [1.165, 1.54) is 9.80 Å². The van der Waals surface area contributed by atoms with Crippen molar-refractivity contribution < 1.29 is 19.1 Å². The van der Waals surface area contributed by atoms with E-state index in [0.29, 0.717) is 11.6 Å².